The van der Waals surface area contributed by atoms with E-state index in [0.29, 0.717) is 18.2 Å². The van der Waals surface area contributed by atoms with Gasteiger partial charge >= 0.3 is 6.09 Å². The van der Waals surface area contributed by atoms with Crippen LogP contribution in [0.15, 0.2) is 12.1 Å². The zero-order valence-corrected chi connectivity index (χ0v) is 17.1. The molecule has 0 unspecified atom stereocenters. The molecule has 2 aliphatic heterocycles. The normalized spacial score (nSPS) is 19.4. The second-order valence-electron chi connectivity index (χ2n) is 8.18. The largest absolute Gasteiger partial charge is 0.444 e. The van der Waals surface area contributed by atoms with Crippen LogP contribution in [0.3, 0.4) is 0 Å². The first-order chi connectivity index (χ1) is 12.7. The highest BCUT2D eigenvalue weighted by Crippen LogP contribution is 2.27. The molecule has 150 valence electrons. The number of rotatable bonds is 2. The smallest absolute Gasteiger partial charge is 0.410 e. The van der Waals surface area contributed by atoms with Gasteiger partial charge in [0.15, 0.2) is 0 Å². The molecule has 2 fully saturated rings. The minimum atomic E-state index is -0.482. The monoisotopic (exact) mass is 396 g/mol. The number of amides is 1. The van der Waals surface area contributed by atoms with Gasteiger partial charge in [0.25, 0.3) is 0 Å². The summed E-state index contributed by atoms with van der Waals surface area (Å²) in [6, 6.07) is 3.92. The Morgan fingerprint density at radius 2 is 1.74 bits per heavy atom. The summed E-state index contributed by atoms with van der Waals surface area (Å²) in [5.74, 6) is 0.846. The van der Waals surface area contributed by atoms with Crippen LogP contribution < -0.4 is 9.80 Å². The molecule has 27 heavy (non-hydrogen) atoms. The lowest BCUT2D eigenvalue weighted by atomic mass is 10.1. The van der Waals surface area contributed by atoms with Crippen molar-refractivity contribution in [2.24, 2.45) is 0 Å². The molecule has 0 aromatic carbocycles. The molecule has 1 aromatic heterocycles. The Labute approximate surface area is 165 Å². The molecule has 0 saturated carbocycles. The second kappa shape index (κ2) is 8.10. The molecule has 1 N–H and O–H groups in total. The number of anilines is 2. The summed E-state index contributed by atoms with van der Waals surface area (Å²) in [7, 11) is 0. The van der Waals surface area contributed by atoms with Crippen LogP contribution >= 0.6 is 11.6 Å². The predicted molar refractivity (Wildman–Crippen MR) is 107 cm³/mol. The maximum absolute atomic E-state index is 12.2. The summed E-state index contributed by atoms with van der Waals surface area (Å²) in [5, 5.41) is 10.2. The number of hydrogen-bond donors (Lipinski definition) is 1. The van der Waals surface area contributed by atoms with E-state index in [0.717, 1.165) is 50.5 Å². The Bertz CT molecular complexity index is 663. The van der Waals surface area contributed by atoms with E-state index in [1.807, 2.05) is 32.9 Å². The zero-order chi connectivity index (χ0) is 19.6. The first-order valence-electron chi connectivity index (χ1n) is 9.55. The summed E-state index contributed by atoms with van der Waals surface area (Å²) in [4.78, 5) is 22.8. The number of aliphatic hydroxyl groups is 1. The fourth-order valence-corrected chi connectivity index (χ4v) is 3.58. The highest BCUT2D eigenvalue weighted by Gasteiger charge is 2.27. The lowest BCUT2D eigenvalue weighted by molar-refractivity contribution is 0.0240. The SMILES string of the molecule is CC(C)(C)OC(=O)N1CCN(c2cc(Cl)nc(N3CCC(O)CC3)c2)CC1. The van der Waals surface area contributed by atoms with Crippen LogP contribution in [-0.4, -0.2) is 72.1 Å². The fourth-order valence-electron chi connectivity index (χ4n) is 3.38. The third-order valence-corrected chi connectivity index (χ3v) is 5.04. The summed E-state index contributed by atoms with van der Waals surface area (Å²) < 4.78 is 5.45. The molecule has 2 saturated heterocycles. The number of carbonyl (C=O) groups is 1. The van der Waals surface area contributed by atoms with Crippen molar-refractivity contribution in [1.82, 2.24) is 9.88 Å². The third-order valence-electron chi connectivity index (χ3n) is 4.85. The second-order valence-corrected chi connectivity index (χ2v) is 8.57. The Hall–Kier alpha value is -1.73. The van der Waals surface area contributed by atoms with E-state index in [1.165, 1.54) is 0 Å². The van der Waals surface area contributed by atoms with Gasteiger partial charge in [0, 0.05) is 51.0 Å². The standard InChI is InChI=1S/C19H29ClN4O3/c1-19(2,3)27-18(26)24-10-8-22(9-11-24)14-12-16(20)21-17(13-14)23-6-4-15(25)5-7-23/h12-13,15,25H,4-11H2,1-3H3. The summed E-state index contributed by atoms with van der Waals surface area (Å²) in [6.07, 6.45) is 1.01. The predicted octanol–water partition coefficient (Wildman–Crippen LogP) is 2.75. The zero-order valence-electron chi connectivity index (χ0n) is 16.3. The van der Waals surface area contributed by atoms with Crippen molar-refractivity contribution in [2.75, 3.05) is 49.1 Å². The molecule has 3 rings (SSSR count). The average molecular weight is 397 g/mol. The number of piperidine rings is 1. The van der Waals surface area contributed by atoms with Crippen LogP contribution in [0.4, 0.5) is 16.3 Å². The van der Waals surface area contributed by atoms with Crippen LogP contribution in [0.1, 0.15) is 33.6 Å². The molecule has 0 aliphatic carbocycles. The first kappa shape index (κ1) is 20.0. The van der Waals surface area contributed by atoms with E-state index in [2.05, 4.69) is 14.8 Å². The Kier molecular flexibility index (Phi) is 6.01. The molecule has 2 aliphatic rings. The van der Waals surface area contributed by atoms with Gasteiger partial charge in [0.2, 0.25) is 0 Å². The molecular weight excluding hydrogens is 368 g/mol. The van der Waals surface area contributed by atoms with Gasteiger partial charge in [-0.1, -0.05) is 11.6 Å². The van der Waals surface area contributed by atoms with E-state index in [9.17, 15) is 9.90 Å². The van der Waals surface area contributed by atoms with Crippen LogP contribution in [0.25, 0.3) is 0 Å². The summed E-state index contributed by atoms with van der Waals surface area (Å²) in [5.41, 5.74) is 0.531. The van der Waals surface area contributed by atoms with Gasteiger partial charge in [0.1, 0.15) is 16.6 Å². The highest BCUT2D eigenvalue weighted by atomic mass is 35.5. The topological polar surface area (TPSA) is 69.1 Å². The van der Waals surface area contributed by atoms with Crippen molar-refractivity contribution in [3.63, 3.8) is 0 Å². The quantitative estimate of drug-likeness (QED) is 0.775. The minimum absolute atomic E-state index is 0.221. The number of aromatic nitrogens is 1. The van der Waals surface area contributed by atoms with Crippen LogP contribution in [-0.2, 0) is 4.74 Å². The molecule has 3 heterocycles. The van der Waals surface area contributed by atoms with E-state index in [-0.39, 0.29) is 12.2 Å². The molecule has 1 aromatic rings. The first-order valence-corrected chi connectivity index (χ1v) is 9.92. The summed E-state index contributed by atoms with van der Waals surface area (Å²) >= 11 is 6.27. The maximum Gasteiger partial charge on any atom is 0.410 e. The van der Waals surface area contributed by atoms with Crippen molar-refractivity contribution in [3.05, 3.63) is 17.3 Å². The van der Waals surface area contributed by atoms with Gasteiger partial charge in [0.05, 0.1) is 6.10 Å². The average Bonchev–Trinajstić information content (AvgIpc) is 2.60. The van der Waals surface area contributed by atoms with Crippen LogP contribution in [0.5, 0.6) is 0 Å². The number of nitrogens with zero attached hydrogens (tertiary/aromatic N) is 4. The van der Waals surface area contributed by atoms with E-state index < -0.39 is 5.60 Å². The van der Waals surface area contributed by atoms with Crippen LogP contribution in [0.2, 0.25) is 5.15 Å². The number of aliphatic hydroxyl groups excluding tert-OH is 1. The van der Waals surface area contributed by atoms with Gasteiger partial charge in [-0.25, -0.2) is 9.78 Å². The molecule has 0 bridgehead atoms. The van der Waals surface area contributed by atoms with Crippen LogP contribution in [0, 0.1) is 0 Å². The fraction of sp³-hybridized carbons (Fsp3) is 0.684. The van der Waals surface area contributed by atoms with Gasteiger partial charge in [-0.2, -0.15) is 0 Å². The lowest BCUT2D eigenvalue weighted by Gasteiger charge is -2.37. The van der Waals surface area contributed by atoms with Gasteiger partial charge in [-0.15, -0.1) is 0 Å². The third kappa shape index (κ3) is 5.39. The number of halogens is 1. The van der Waals surface area contributed by atoms with Crippen molar-refractivity contribution in [3.8, 4) is 0 Å². The highest BCUT2D eigenvalue weighted by molar-refractivity contribution is 6.29. The minimum Gasteiger partial charge on any atom is -0.444 e. The van der Waals surface area contributed by atoms with Crippen molar-refractivity contribution >= 4 is 29.2 Å². The van der Waals surface area contributed by atoms with E-state index >= 15 is 0 Å². The summed E-state index contributed by atoms with van der Waals surface area (Å²) in [6.45, 7) is 9.85. The number of hydrogen-bond acceptors (Lipinski definition) is 6. The Morgan fingerprint density at radius 3 is 2.33 bits per heavy atom. The molecular formula is C19H29ClN4O3. The lowest BCUT2D eigenvalue weighted by Crippen LogP contribution is -2.50. The number of carbonyl (C=O) groups excluding carboxylic acids is 1. The Balaban J connectivity index is 1.63. The van der Waals surface area contributed by atoms with E-state index in [1.54, 1.807) is 4.90 Å². The number of ether oxygens (including phenoxy) is 1. The molecule has 0 spiro atoms. The molecule has 7 nitrogen and oxygen atoms in total. The molecule has 0 radical (unpaired) electrons. The van der Waals surface area contributed by atoms with E-state index in [4.69, 9.17) is 16.3 Å². The number of piperazine rings is 1. The van der Waals surface area contributed by atoms with Gasteiger partial charge in [-0.05, 0) is 39.7 Å². The van der Waals surface area contributed by atoms with Crippen molar-refractivity contribution in [1.29, 1.82) is 0 Å². The maximum atomic E-state index is 12.2. The van der Waals surface area contributed by atoms with Gasteiger partial charge in [-0.3, -0.25) is 0 Å². The van der Waals surface area contributed by atoms with Crippen molar-refractivity contribution < 1.29 is 14.6 Å². The van der Waals surface area contributed by atoms with Crippen molar-refractivity contribution in [2.45, 2.75) is 45.3 Å². The Morgan fingerprint density at radius 1 is 1.11 bits per heavy atom. The molecule has 0 atom stereocenters. The van der Waals surface area contributed by atoms with Gasteiger partial charge < -0.3 is 24.5 Å². The molecule has 1 amide bonds. The number of pyridine rings is 1. The molecule has 8 heteroatoms.